The Morgan fingerprint density at radius 2 is 1.69 bits per heavy atom. The molecule has 2 aromatic heterocycles. The van der Waals surface area contributed by atoms with Crippen molar-refractivity contribution in [2.24, 2.45) is 16.8 Å². The van der Waals surface area contributed by atoms with E-state index in [9.17, 15) is 14.7 Å². The lowest BCUT2D eigenvalue weighted by atomic mass is 9.85. The number of nitrogens with zero attached hydrogens (tertiary/aromatic N) is 6. The maximum Gasteiger partial charge on any atom is 0.350 e. The number of carboxylic acid groups (broad SMARTS) is 1. The lowest BCUT2D eigenvalue weighted by Crippen LogP contribution is -2.48. The molecule has 2 aliphatic heterocycles. The van der Waals surface area contributed by atoms with Crippen molar-refractivity contribution in [2.45, 2.75) is 70.1 Å². The summed E-state index contributed by atoms with van der Waals surface area (Å²) in [7, 11) is 0. The third-order valence-electron chi connectivity index (χ3n) is 8.94. The first-order chi connectivity index (χ1) is 19.0. The number of carbonyl (C=O) groups excluding carboxylic acids is 1. The van der Waals surface area contributed by atoms with Gasteiger partial charge in [0, 0.05) is 32.6 Å². The zero-order valence-electron chi connectivity index (χ0n) is 22.4. The summed E-state index contributed by atoms with van der Waals surface area (Å²) in [4.78, 5) is 46.8. The van der Waals surface area contributed by atoms with Crippen LogP contribution in [0.15, 0.2) is 29.5 Å². The molecule has 1 amide bonds. The van der Waals surface area contributed by atoms with Crippen molar-refractivity contribution in [3.05, 3.63) is 30.2 Å². The van der Waals surface area contributed by atoms with Crippen LogP contribution in [0.1, 0.15) is 75.8 Å². The number of hydrogen-bond donors (Lipinski definition) is 2. The molecule has 0 radical (unpaired) electrons. The highest BCUT2D eigenvalue weighted by Crippen LogP contribution is 2.45. The quantitative estimate of drug-likeness (QED) is 0.503. The molecule has 2 aliphatic carbocycles. The Morgan fingerprint density at radius 3 is 2.38 bits per heavy atom. The highest BCUT2D eigenvalue weighted by Gasteiger charge is 2.40. The topological polar surface area (TPSA) is 124 Å². The molecule has 4 aliphatic rings. The summed E-state index contributed by atoms with van der Waals surface area (Å²) in [5, 5.41) is 12.9. The second-order valence-electron chi connectivity index (χ2n) is 11.4. The van der Waals surface area contributed by atoms with Gasteiger partial charge in [-0.25, -0.2) is 24.7 Å². The van der Waals surface area contributed by atoms with Gasteiger partial charge < -0.3 is 20.2 Å². The predicted octanol–water partition coefficient (Wildman–Crippen LogP) is 4.68. The molecule has 39 heavy (non-hydrogen) atoms. The van der Waals surface area contributed by atoms with Crippen molar-refractivity contribution in [1.29, 1.82) is 0 Å². The van der Waals surface area contributed by atoms with Gasteiger partial charge in [0.05, 0.1) is 29.7 Å². The molecule has 206 valence electrons. The van der Waals surface area contributed by atoms with Crippen LogP contribution in [-0.2, 0) is 9.59 Å². The summed E-state index contributed by atoms with van der Waals surface area (Å²) < 4.78 is 0. The standard InChI is InChI=1S/C29H37N7O3/c37-24(12-9-19-5-1-2-6-19)36-15-13-35(14-16-36)21-10-11-23(30-17-21)33-29-31-18-22-26(34-29)25(20-7-3-4-8-20)27(32-22)28(38)39/h10-11,17-20,25H,1-9,12-16H2,(H,38,39)(H,30,31,33,34). The predicted molar refractivity (Wildman–Crippen MR) is 149 cm³/mol. The van der Waals surface area contributed by atoms with E-state index in [1.54, 1.807) is 6.20 Å². The van der Waals surface area contributed by atoms with Gasteiger partial charge in [-0.1, -0.05) is 38.5 Å². The summed E-state index contributed by atoms with van der Waals surface area (Å²) in [6.45, 7) is 3.09. The number of hydrogen-bond acceptors (Lipinski definition) is 8. The summed E-state index contributed by atoms with van der Waals surface area (Å²) >= 11 is 0. The van der Waals surface area contributed by atoms with Gasteiger partial charge in [-0.2, -0.15) is 0 Å². The van der Waals surface area contributed by atoms with Crippen LogP contribution in [0.3, 0.4) is 0 Å². The smallest absolute Gasteiger partial charge is 0.350 e. The number of aliphatic carboxylic acids is 1. The van der Waals surface area contributed by atoms with Crippen LogP contribution in [0, 0.1) is 11.8 Å². The molecule has 0 bridgehead atoms. The fourth-order valence-electron chi connectivity index (χ4n) is 6.77. The molecule has 3 fully saturated rings. The number of rotatable bonds is 8. The maximum absolute atomic E-state index is 12.7. The van der Waals surface area contributed by atoms with E-state index in [4.69, 9.17) is 4.98 Å². The molecular weight excluding hydrogens is 494 g/mol. The van der Waals surface area contributed by atoms with Crippen molar-refractivity contribution >= 4 is 40.7 Å². The second-order valence-corrected chi connectivity index (χ2v) is 11.4. The fourth-order valence-corrected chi connectivity index (χ4v) is 6.77. The Kier molecular flexibility index (Phi) is 7.43. The van der Waals surface area contributed by atoms with Gasteiger partial charge in [0.2, 0.25) is 11.9 Å². The summed E-state index contributed by atoms with van der Waals surface area (Å²) in [6.07, 6.45) is 14.6. The maximum atomic E-state index is 12.7. The highest BCUT2D eigenvalue weighted by molar-refractivity contribution is 6.39. The zero-order chi connectivity index (χ0) is 26.8. The molecule has 6 rings (SSSR count). The number of aliphatic imine (C=N–C) groups is 1. The lowest BCUT2D eigenvalue weighted by Gasteiger charge is -2.36. The third kappa shape index (κ3) is 5.60. The first kappa shape index (κ1) is 25.7. The van der Waals surface area contributed by atoms with Crippen LogP contribution < -0.4 is 10.2 Å². The van der Waals surface area contributed by atoms with Gasteiger partial charge in [-0.15, -0.1) is 0 Å². The Bertz CT molecular complexity index is 1230. The number of fused-ring (bicyclic) bond motifs is 1. The van der Waals surface area contributed by atoms with Gasteiger partial charge >= 0.3 is 5.97 Å². The minimum absolute atomic E-state index is 0.182. The van der Waals surface area contributed by atoms with Gasteiger partial charge in [0.1, 0.15) is 17.2 Å². The van der Waals surface area contributed by atoms with E-state index in [0.717, 1.165) is 69.9 Å². The van der Waals surface area contributed by atoms with Crippen LogP contribution in [0.4, 0.5) is 23.1 Å². The molecular formula is C29H37N7O3. The highest BCUT2D eigenvalue weighted by atomic mass is 16.4. The SMILES string of the molecule is O=C(O)C1=Nc2cnc(Nc3ccc(N4CCN(C(=O)CCC5CCCC5)CC4)cn3)nc2C1C1CCCC1. The summed E-state index contributed by atoms with van der Waals surface area (Å²) in [6, 6.07) is 3.92. The largest absolute Gasteiger partial charge is 0.477 e. The Labute approximate surface area is 229 Å². The lowest BCUT2D eigenvalue weighted by molar-refractivity contribution is -0.132. The van der Waals surface area contributed by atoms with E-state index in [0.29, 0.717) is 35.5 Å². The van der Waals surface area contributed by atoms with E-state index in [2.05, 4.69) is 25.2 Å². The number of piperazine rings is 1. The molecule has 4 heterocycles. The first-order valence-corrected chi connectivity index (χ1v) is 14.5. The van der Waals surface area contributed by atoms with Crippen molar-refractivity contribution in [1.82, 2.24) is 19.9 Å². The monoisotopic (exact) mass is 531 g/mol. The minimum atomic E-state index is -0.981. The van der Waals surface area contributed by atoms with Crippen LogP contribution in [0.2, 0.25) is 0 Å². The minimum Gasteiger partial charge on any atom is -0.477 e. The van der Waals surface area contributed by atoms with Crippen molar-refractivity contribution in [2.75, 3.05) is 36.4 Å². The molecule has 0 spiro atoms. The van der Waals surface area contributed by atoms with Crippen LogP contribution in [-0.4, -0.2) is 68.7 Å². The molecule has 1 atom stereocenters. The van der Waals surface area contributed by atoms with Crippen molar-refractivity contribution in [3.8, 4) is 0 Å². The van der Waals surface area contributed by atoms with Crippen molar-refractivity contribution < 1.29 is 14.7 Å². The second kappa shape index (κ2) is 11.3. The number of pyridine rings is 1. The summed E-state index contributed by atoms with van der Waals surface area (Å²) in [5.74, 6) is 1.05. The number of amides is 1. The van der Waals surface area contributed by atoms with Crippen LogP contribution in [0.5, 0.6) is 0 Å². The van der Waals surface area contributed by atoms with E-state index in [1.807, 2.05) is 23.2 Å². The molecule has 10 nitrogen and oxygen atoms in total. The first-order valence-electron chi connectivity index (χ1n) is 14.5. The molecule has 0 aromatic carbocycles. The number of carboxylic acids is 1. The van der Waals surface area contributed by atoms with Gasteiger partial charge in [0.15, 0.2) is 0 Å². The van der Waals surface area contributed by atoms with Gasteiger partial charge in [-0.3, -0.25) is 4.79 Å². The van der Waals surface area contributed by atoms with E-state index >= 15 is 0 Å². The fraction of sp³-hybridized carbons (Fsp3) is 0.586. The number of aromatic nitrogens is 3. The normalized spacial score (nSPS) is 21.7. The van der Waals surface area contributed by atoms with Crippen molar-refractivity contribution in [3.63, 3.8) is 0 Å². The molecule has 2 N–H and O–H groups in total. The number of nitrogens with one attached hydrogen (secondary N) is 1. The Balaban J connectivity index is 1.05. The average Bonchev–Trinajstić information content (AvgIpc) is 3.73. The molecule has 10 heteroatoms. The van der Waals surface area contributed by atoms with Crippen LogP contribution in [0.25, 0.3) is 0 Å². The van der Waals surface area contributed by atoms with Crippen LogP contribution >= 0.6 is 0 Å². The summed E-state index contributed by atoms with van der Waals surface area (Å²) in [5.41, 5.74) is 2.45. The Hall–Kier alpha value is -3.56. The van der Waals surface area contributed by atoms with E-state index in [-0.39, 0.29) is 17.5 Å². The zero-order valence-corrected chi connectivity index (χ0v) is 22.4. The number of carbonyl (C=O) groups is 2. The Morgan fingerprint density at radius 1 is 0.949 bits per heavy atom. The average molecular weight is 532 g/mol. The van der Waals surface area contributed by atoms with E-state index < -0.39 is 5.97 Å². The molecule has 2 aromatic rings. The molecule has 1 saturated heterocycles. The van der Waals surface area contributed by atoms with Gasteiger partial charge in [-0.05, 0) is 43.2 Å². The molecule has 2 saturated carbocycles. The number of anilines is 3. The van der Waals surface area contributed by atoms with E-state index in [1.165, 1.54) is 25.7 Å². The molecule has 1 unspecified atom stereocenters. The third-order valence-corrected chi connectivity index (χ3v) is 8.94. The van der Waals surface area contributed by atoms with Gasteiger partial charge in [0.25, 0.3) is 0 Å².